The summed E-state index contributed by atoms with van der Waals surface area (Å²) in [7, 11) is -1.96. The molecule has 1 aromatic rings. The topological polar surface area (TPSA) is 106 Å². The van der Waals surface area contributed by atoms with Crippen molar-refractivity contribution in [3.8, 4) is 0 Å². The maximum absolute atomic E-state index is 12.7. The number of amides is 2. The van der Waals surface area contributed by atoms with E-state index in [1.807, 2.05) is 0 Å². The van der Waals surface area contributed by atoms with Gasteiger partial charge < -0.3 is 19.4 Å². The summed E-state index contributed by atoms with van der Waals surface area (Å²) in [5, 5.41) is 2.08. The van der Waals surface area contributed by atoms with E-state index < -0.39 is 21.1 Å². The fraction of sp³-hybridized carbons (Fsp3) is 0.625. The molecular formula is C16H22N2O6S. The highest BCUT2D eigenvalue weighted by atomic mass is 32.2. The molecule has 3 atom stereocenters. The summed E-state index contributed by atoms with van der Waals surface area (Å²) in [5.74, 6) is 0.173. The Morgan fingerprint density at radius 3 is 2.68 bits per heavy atom. The lowest BCUT2D eigenvalue weighted by Gasteiger charge is -2.20. The second-order valence-corrected chi connectivity index (χ2v) is 8.94. The van der Waals surface area contributed by atoms with Crippen LogP contribution in [0.2, 0.25) is 0 Å². The molecule has 3 heterocycles. The molecule has 0 unspecified atom stereocenters. The minimum absolute atomic E-state index is 0.0936. The van der Waals surface area contributed by atoms with Crippen LogP contribution in [0, 0.1) is 19.8 Å². The van der Waals surface area contributed by atoms with Crippen LogP contribution in [0.1, 0.15) is 21.9 Å². The van der Waals surface area contributed by atoms with Crippen molar-refractivity contribution in [2.75, 3.05) is 32.6 Å². The Hall–Kier alpha value is -1.87. The summed E-state index contributed by atoms with van der Waals surface area (Å²) in [5.41, 5.74) is 0.454. The third-order valence-corrected chi connectivity index (χ3v) is 7.12. The van der Waals surface area contributed by atoms with Gasteiger partial charge in [0.25, 0.3) is 5.91 Å². The summed E-state index contributed by atoms with van der Waals surface area (Å²) >= 11 is 0. The molecule has 25 heavy (non-hydrogen) atoms. The second kappa shape index (κ2) is 6.45. The van der Waals surface area contributed by atoms with Crippen LogP contribution in [0.5, 0.6) is 0 Å². The average molecular weight is 370 g/mol. The first-order valence-electron chi connectivity index (χ1n) is 8.09. The Kier molecular flexibility index (Phi) is 4.63. The SMILES string of the molecule is COCC(=O)N[C@@H]1CS(=O)(=O)[C@H]2CN(C(=O)c3cc(C)oc3C)C[C@@H]12. The molecule has 3 rings (SSSR count). The van der Waals surface area contributed by atoms with Gasteiger partial charge in [0.1, 0.15) is 18.1 Å². The summed E-state index contributed by atoms with van der Waals surface area (Å²) in [6.45, 7) is 3.79. The molecule has 0 radical (unpaired) electrons. The van der Waals surface area contributed by atoms with E-state index >= 15 is 0 Å². The molecule has 0 bridgehead atoms. The zero-order chi connectivity index (χ0) is 18.4. The van der Waals surface area contributed by atoms with Crippen LogP contribution in [-0.2, 0) is 19.4 Å². The van der Waals surface area contributed by atoms with Crippen molar-refractivity contribution in [1.82, 2.24) is 10.2 Å². The van der Waals surface area contributed by atoms with E-state index in [-0.39, 0.29) is 36.6 Å². The minimum Gasteiger partial charge on any atom is -0.466 e. The monoisotopic (exact) mass is 370 g/mol. The first-order valence-corrected chi connectivity index (χ1v) is 9.80. The van der Waals surface area contributed by atoms with Gasteiger partial charge in [0.15, 0.2) is 9.84 Å². The summed E-state index contributed by atoms with van der Waals surface area (Å²) in [6, 6.07) is 1.17. The number of methoxy groups -OCH3 is 1. The maximum Gasteiger partial charge on any atom is 0.257 e. The fourth-order valence-electron chi connectivity index (χ4n) is 3.77. The lowest BCUT2D eigenvalue weighted by atomic mass is 10.0. The third-order valence-electron chi connectivity index (χ3n) is 4.88. The second-order valence-electron chi connectivity index (χ2n) is 6.68. The number of nitrogens with zero attached hydrogens (tertiary/aromatic N) is 1. The molecule has 1 aromatic heterocycles. The highest BCUT2D eigenvalue weighted by molar-refractivity contribution is 7.92. The Bertz CT molecular complexity index is 800. The molecule has 2 saturated heterocycles. The summed E-state index contributed by atoms with van der Waals surface area (Å²) < 4.78 is 35.0. The number of fused-ring (bicyclic) bond motifs is 1. The van der Waals surface area contributed by atoms with Gasteiger partial charge in [-0.25, -0.2) is 8.42 Å². The van der Waals surface area contributed by atoms with E-state index in [1.54, 1.807) is 24.8 Å². The highest BCUT2D eigenvalue weighted by Crippen LogP contribution is 2.35. The van der Waals surface area contributed by atoms with Crippen LogP contribution in [0.25, 0.3) is 0 Å². The Morgan fingerprint density at radius 1 is 1.36 bits per heavy atom. The first-order chi connectivity index (χ1) is 11.7. The van der Waals surface area contributed by atoms with Gasteiger partial charge in [-0.15, -0.1) is 0 Å². The summed E-state index contributed by atoms with van der Waals surface area (Å²) in [4.78, 5) is 26.0. The standard InChI is InChI=1S/C16H22N2O6S/c1-9-4-11(10(2)24-9)16(20)18-5-12-13(17-15(19)7-23-3)8-25(21,22)14(12)6-18/h4,12-14H,5-8H2,1-3H3,(H,17,19)/t12-,13+,14-/m0/s1. The molecule has 138 valence electrons. The predicted octanol–water partition coefficient (Wildman–Crippen LogP) is -0.103. The molecule has 0 spiro atoms. The molecule has 2 aliphatic heterocycles. The first kappa shape index (κ1) is 17.9. The van der Waals surface area contributed by atoms with Gasteiger partial charge >= 0.3 is 0 Å². The lowest BCUT2D eigenvalue weighted by molar-refractivity contribution is -0.125. The number of nitrogens with one attached hydrogen (secondary N) is 1. The van der Waals surface area contributed by atoms with Crippen LogP contribution >= 0.6 is 0 Å². The number of likely N-dealkylation sites (tertiary alicyclic amines) is 1. The number of hydrogen-bond acceptors (Lipinski definition) is 6. The molecule has 0 aliphatic carbocycles. The van der Waals surface area contributed by atoms with Crippen molar-refractivity contribution < 1.29 is 27.2 Å². The largest absolute Gasteiger partial charge is 0.466 e. The number of carbonyl (C=O) groups excluding carboxylic acids is 2. The predicted molar refractivity (Wildman–Crippen MR) is 89.0 cm³/mol. The fourth-order valence-corrected chi connectivity index (χ4v) is 6.06. The lowest BCUT2D eigenvalue weighted by Crippen LogP contribution is -2.43. The molecule has 2 amide bonds. The van der Waals surface area contributed by atoms with Gasteiger partial charge in [0, 0.05) is 32.2 Å². The van der Waals surface area contributed by atoms with Gasteiger partial charge in [0.05, 0.1) is 16.6 Å². The number of aryl methyl sites for hydroxylation is 2. The van der Waals surface area contributed by atoms with Crippen LogP contribution in [-0.4, -0.2) is 69.0 Å². The van der Waals surface area contributed by atoms with Crippen LogP contribution in [0.15, 0.2) is 10.5 Å². The minimum atomic E-state index is -3.36. The molecule has 1 N–H and O–H groups in total. The summed E-state index contributed by atoms with van der Waals surface area (Å²) in [6.07, 6.45) is 0. The average Bonchev–Trinajstić information content (AvgIpc) is 3.15. The quantitative estimate of drug-likeness (QED) is 0.793. The van der Waals surface area contributed by atoms with Gasteiger partial charge in [-0.1, -0.05) is 0 Å². The van der Waals surface area contributed by atoms with E-state index in [4.69, 9.17) is 9.15 Å². The van der Waals surface area contributed by atoms with Crippen molar-refractivity contribution in [3.05, 3.63) is 23.2 Å². The van der Waals surface area contributed by atoms with Crippen molar-refractivity contribution in [3.63, 3.8) is 0 Å². The molecule has 0 saturated carbocycles. The number of ether oxygens (including phenoxy) is 1. The molecule has 9 heteroatoms. The van der Waals surface area contributed by atoms with Crippen molar-refractivity contribution in [2.24, 2.45) is 5.92 Å². The number of rotatable bonds is 4. The highest BCUT2D eigenvalue weighted by Gasteiger charge is 2.53. The van der Waals surface area contributed by atoms with E-state index in [9.17, 15) is 18.0 Å². The molecule has 8 nitrogen and oxygen atoms in total. The van der Waals surface area contributed by atoms with E-state index in [0.29, 0.717) is 23.6 Å². The number of furan rings is 1. The van der Waals surface area contributed by atoms with E-state index in [1.165, 1.54) is 7.11 Å². The van der Waals surface area contributed by atoms with Gasteiger partial charge in [-0.2, -0.15) is 0 Å². The number of carbonyl (C=O) groups is 2. The Labute approximate surface area is 146 Å². The van der Waals surface area contributed by atoms with Crippen molar-refractivity contribution in [1.29, 1.82) is 0 Å². The molecule has 2 fully saturated rings. The molecule has 2 aliphatic rings. The van der Waals surface area contributed by atoms with Gasteiger partial charge in [-0.05, 0) is 19.9 Å². The van der Waals surface area contributed by atoms with Crippen LogP contribution in [0.3, 0.4) is 0 Å². The maximum atomic E-state index is 12.7. The van der Waals surface area contributed by atoms with E-state index in [0.717, 1.165) is 0 Å². The number of sulfone groups is 1. The number of hydrogen-bond donors (Lipinski definition) is 1. The molecular weight excluding hydrogens is 348 g/mol. The van der Waals surface area contributed by atoms with Gasteiger partial charge in [-0.3, -0.25) is 9.59 Å². The molecule has 0 aromatic carbocycles. The van der Waals surface area contributed by atoms with Crippen LogP contribution < -0.4 is 5.32 Å². The zero-order valence-corrected chi connectivity index (χ0v) is 15.3. The van der Waals surface area contributed by atoms with Crippen molar-refractivity contribution in [2.45, 2.75) is 25.1 Å². The van der Waals surface area contributed by atoms with Crippen LogP contribution in [0.4, 0.5) is 0 Å². The van der Waals surface area contributed by atoms with Gasteiger partial charge in [0.2, 0.25) is 5.91 Å². The van der Waals surface area contributed by atoms with Crippen molar-refractivity contribution >= 4 is 21.7 Å². The Morgan fingerprint density at radius 2 is 2.08 bits per heavy atom. The Balaban J connectivity index is 1.77. The third kappa shape index (κ3) is 3.30. The van der Waals surface area contributed by atoms with E-state index in [2.05, 4.69) is 5.32 Å². The smallest absolute Gasteiger partial charge is 0.257 e. The normalized spacial score (nSPS) is 27.3. The zero-order valence-electron chi connectivity index (χ0n) is 14.4.